The molecule has 128 valence electrons. The minimum Gasteiger partial charge on any atom is -0.490 e. The average Bonchev–Trinajstić information content (AvgIpc) is 2.61. The van der Waals surface area contributed by atoms with Crippen LogP contribution in [0.2, 0.25) is 0 Å². The molecule has 2 aromatic carbocycles. The van der Waals surface area contributed by atoms with E-state index in [1.807, 2.05) is 6.92 Å². The van der Waals surface area contributed by atoms with Gasteiger partial charge in [-0.25, -0.2) is 0 Å². The van der Waals surface area contributed by atoms with Gasteiger partial charge in [0.05, 0.1) is 16.5 Å². The summed E-state index contributed by atoms with van der Waals surface area (Å²) in [4.78, 5) is 21.2. The molecule has 25 heavy (non-hydrogen) atoms. The maximum Gasteiger partial charge on any atom is 0.291 e. The minimum absolute atomic E-state index is 0.0957. The SMILES string of the molecule is CCOc1cccc2c1OC(c1ccc([N+](=O)[O-])cc1)C([N+](=O)[O-])=C2. The van der Waals surface area contributed by atoms with Crippen LogP contribution in [0.15, 0.2) is 48.2 Å². The minimum atomic E-state index is -0.982. The van der Waals surface area contributed by atoms with E-state index >= 15 is 0 Å². The van der Waals surface area contributed by atoms with Crippen molar-refractivity contribution in [3.8, 4) is 11.5 Å². The Labute approximate surface area is 142 Å². The van der Waals surface area contributed by atoms with Crippen LogP contribution in [-0.4, -0.2) is 16.5 Å². The Morgan fingerprint density at radius 3 is 2.40 bits per heavy atom. The van der Waals surface area contributed by atoms with Crippen LogP contribution < -0.4 is 9.47 Å². The zero-order chi connectivity index (χ0) is 18.0. The van der Waals surface area contributed by atoms with E-state index in [-0.39, 0.29) is 11.4 Å². The molecule has 2 aromatic rings. The fraction of sp³-hybridized carbons (Fsp3) is 0.176. The Morgan fingerprint density at radius 2 is 1.80 bits per heavy atom. The van der Waals surface area contributed by atoms with E-state index in [1.165, 1.54) is 30.3 Å². The van der Waals surface area contributed by atoms with Crippen LogP contribution in [0.3, 0.4) is 0 Å². The summed E-state index contributed by atoms with van der Waals surface area (Å²) in [6.07, 6.45) is 0.456. The summed E-state index contributed by atoms with van der Waals surface area (Å²) >= 11 is 0. The van der Waals surface area contributed by atoms with Gasteiger partial charge in [0.2, 0.25) is 6.10 Å². The molecule has 3 rings (SSSR count). The van der Waals surface area contributed by atoms with E-state index in [4.69, 9.17) is 9.47 Å². The van der Waals surface area contributed by atoms with Gasteiger partial charge >= 0.3 is 0 Å². The first kappa shape index (κ1) is 16.4. The summed E-state index contributed by atoms with van der Waals surface area (Å²) < 4.78 is 11.4. The molecule has 0 bridgehead atoms. The molecule has 1 aliphatic heterocycles. The summed E-state index contributed by atoms with van der Waals surface area (Å²) in [5, 5.41) is 22.2. The molecule has 8 heteroatoms. The summed E-state index contributed by atoms with van der Waals surface area (Å²) in [7, 11) is 0. The number of benzene rings is 2. The van der Waals surface area contributed by atoms with Crippen LogP contribution in [0, 0.1) is 20.2 Å². The van der Waals surface area contributed by atoms with Gasteiger partial charge in [0.15, 0.2) is 11.5 Å². The Morgan fingerprint density at radius 1 is 1.08 bits per heavy atom. The van der Waals surface area contributed by atoms with Crippen LogP contribution in [0.1, 0.15) is 24.2 Å². The molecule has 1 aliphatic rings. The van der Waals surface area contributed by atoms with Gasteiger partial charge in [-0.05, 0) is 25.1 Å². The number of fused-ring (bicyclic) bond motifs is 1. The van der Waals surface area contributed by atoms with Gasteiger partial charge < -0.3 is 9.47 Å². The largest absolute Gasteiger partial charge is 0.490 e. The fourth-order valence-electron chi connectivity index (χ4n) is 2.61. The van der Waals surface area contributed by atoms with E-state index in [9.17, 15) is 20.2 Å². The molecule has 0 aliphatic carbocycles. The summed E-state index contributed by atoms with van der Waals surface area (Å²) in [6.45, 7) is 2.25. The van der Waals surface area contributed by atoms with Crippen LogP contribution >= 0.6 is 0 Å². The van der Waals surface area contributed by atoms with E-state index in [0.29, 0.717) is 29.2 Å². The third-order valence-corrected chi connectivity index (χ3v) is 3.73. The quantitative estimate of drug-likeness (QED) is 0.605. The second-order valence-corrected chi connectivity index (χ2v) is 5.28. The van der Waals surface area contributed by atoms with Crippen molar-refractivity contribution in [2.24, 2.45) is 0 Å². The molecule has 0 fully saturated rings. The zero-order valence-corrected chi connectivity index (χ0v) is 13.2. The first-order valence-corrected chi connectivity index (χ1v) is 7.54. The highest BCUT2D eigenvalue weighted by atomic mass is 16.6. The second-order valence-electron chi connectivity index (χ2n) is 5.28. The van der Waals surface area contributed by atoms with Crippen LogP contribution in [0.5, 0.6) is 11.5 Å². The number of nitro benzene ring substituents is 1. The van der Waals surface area contributed by atoms with E-state index in [0.717, 1.165) is 0 Å². The lowest BCUT2D eigenvalue weighted by atomic mass is 10.0. The highest BCUT2D eigenvalue weighted by molar-refractivity contribution is 5.66. The van der Waals surface area contributed by atoms with Crippen molar-refractivity contribution in [2.75, 3.05) is 6.61 Å². The monoisotopic (exact) mass is 342 g/mol. The molecule has 1 heterocycles. The topological polar surface area (TPSA) is 105 Å². The van der Waals surface area contributed by atoms with Crippen LogP contribution in [-0.2, 0) is 0 Å². The molecule has 1 unspecified atom stereocenters. The molecule has 0 spiro atoms. The number of nitrogens with zero attached hydrogens (tertiary/aromatic N) is 2. The lowest BCUT2D eigenvalue weighted by Crippen LogP contribution is -2.20. The van der Waals surface area contributed by atoms with Gasteiger partial charge in [-0.2, -0.15) is 0 Å². The maximum absolute atomic E-state index is 11.5. The molecule has 1 atom stereocenters. The lowest BCUT2D eigenvalue weighted by Gasteiger charge is -2.24. The molecular formula is C17H14N2O6. The molecule has 0 radical (unpaired) electrons. The Hall–Kier alpha value is -3.42. The number of ether oxygens (including phenoxy) is 2. The predicted octanol–water partition coefficient (Wildman–Crippen LogP) is 3.74. The number of hydrogen-bond donors (Lipinski definition) is 0. The molecule has 0 saturated heterocycles. The van der Waals surface area contributed by atoms with Gasteiger partial charge in [0.1, 0.15) is 0 Å². The van der Waals surface area contributed by atoms with Crippen molar-refractivity contribution in [2.45, 2.75) is 13.0 Å². The second kappa shape index (κ2) is 6.60. The predicted molar refractivity (Wildman–Crippen MR) is 89.0 cm³/mol. The summed E-state index contributed by atoms with van der Waals surface area (Å²) in [5.74, 6) is 0.906. The molecular weight excluding hydrogens is 328 g/mol. The van der Waals surface area contributed by atoms with Crippen LogP contribution in [0.25, 0.3) is 6.08 Å². The number of non-ortho nitro benzene ring substituents is 1. The van der Waals surface area contributed by atoms with E-state index in [2.05, 4.69) is 0 Å². The highest BCUT2D eigenvalue weighted by Gasteiger charge is 2.34. The average molecular weight is 342 g/mol. The van der Waals surface area contributed by atoms with Crippen LogP contribution in [0.4, 0.5) is 5.69 Å². The first-order chi connectivity index (χ1) is 12.0. The lowest BCUT2D eigenvalue weighted by molar-refractivity contribution is -0.434. The van der Waals surface area contributed by atoms with Crippen molar-refractivity contribution >= 4 is 11.8 Å². The zero-order valence-electron chi connectivity index (χ0n) is 13.2. The fourth-order valence-corrected chi connectivity index (χ4v) is 2.61. The van der Waals surface area contributed by atoms with Gasteiger partial charge in [0, 0.05) is 29.3 Å². The third-order valence-electron chi connectivity index (χ3n) is 3.73. The van der Waals surface area contributed by atoms with Crippen molar-refractivity contribution in [1.82, 2.24) is 0 Å². The maximum atomic E-state index is 11.5. The number of para-hydroxylation sites is 1. The van der Waals surface area contributed by atoms with Gasteiger partial charge in [-0.3, -0.25) is 20.2 Å². The normalized spacial score (nSPS) is 15.6. The first-order valence-electron chi connectivity index (χ1n) is 7.54. The number of nitro groups is 2. The highest BCUT2D eigenvalue weighted by Crippen LogP contribution is 2.43. The summed E-state index contributed by atoms with van der Waals surface area (Å²) in [5.41, 5.74) is 0.762. The number of hydrogen-bond acceptors (Lipinski definition) is 6. The van der Waals surface area contributed by atoms with Gasteiger partial charge in [0.25, 0.3) is 11.4 Å². The Bertz CT molecular complexity index is 860. The molecule has 0 amide bonds. The van der Waals surface area contributed by atoms with E-state index in [1.54, 1.807) is 18.2 Å². The Kier molecular flexibility index (Phi) is 4.34. The molecule has 0 saturated carbocycles. The third kappa shape index (κ3) is 3.14. The smallest absolute Gasteiger partial charge is 0.291 e. The van der Waals surface area contributed by atoms with E-state index < -0.39 is 16.0 Å². The molecule has 8 nitrogen and oxygen atoms in total. The van der Waals surface area contributed by atoms with Gasteiger partial charge in [-0.1, -0.05) is 12.1 Å². The van der Waals surface area contributed by atoms with Crippen molar-refractivity contribution in [3.05, 3.63) is 79.5 Å². The van der Waals surface area contributed by atoms with Crippen molar-refractivity contribution < 1.29 is 19.3 Å². The van der Waals surface area contributed by atoms with Gasteiger partial charge in [-0.15, -0.1) is 0 Å². The molecule has 0 N–H and O–H groups in total. The summed E-state index contributed by atoms with van der Waals surface area (Å²) in [6, 6.07) is 10.6. The molecule has 0 aromatic heterocycles. The van der Waals surface area contributed by atoms with Crippen molar-refractivity contribution in [3.63, 3.8) is 0 Å². The van der Waals surface area contributed by atoms with Crippen molar-refractivity contribution in [1.29, 1.82) is 0 Å². The number of rotatable bonds is 5. The standard InChI is InChI=1S/C17H14N2O6/c1-2-24-15-5-3-4-12-10-14(19(22)23)16(25-17(12)15)11-6-8-13(9-7-11)18(20)21/h3-10,16H,2H2,1H3. The Balaban J connectivity index is 2.05.